The van der Waals surface area contributed by atoms with Gasteiger partial charge >= 0.3 is 0 Å². The lowest BCUT2D eigenvalue weighted by Gasteiger charge is -2.60. The van der Waals surface area contributed by atoms with Gasteiger partial charge in [0.2, 0.25) is 11.7 Å². The Kier molecular flexibility index (Phi) is 15.9. The number of rotatable bonds is 22. The number of nitro benzene ring substituents is 2. The number of oxime groups is 1. The predicted molar refractivity (Wildman–Crippen MR) is 249 cm³/mol. The van der Waals surface area contributed by atoms with E-state index in [9.17, 15) is 34.8 Å². The molecule has 352 valence electrons. The molecule has 0 aromatic heterocycles. The molecule has 2 aliphatic carbocycles. The van der Waals surface area contributed by atoms with Gasteiger partial charge in [0.25, 0.3) is 11.4 Å². The smallest absolute Gasteiger partial charge is 0.273 e. The second-order valence-corrected chi connectivity index (χ2v) is 16.8. The number of hydrogen-bond donors (Lipinski definition) is 2. The Morgan fingerprint density at radius 2 is 1.66 bits per heavy atom. The molecule has 1 heterocycles. The third-order valence-electron chi connectivity index (χ3n) is 12.7. The van der Waals surface area contributed by atoms with Gasteiger partial charge in [-0.1, -0.05) is 48.3 Å². The van der Waals surface area contributed by atoms with Crippen LogP contribution >= 0.6 is 0 Å². The van der Waals surface area contributed by atoms with Gasteiger partial charge in [0.15, 0.2) is 0 Å². The molecular formula is C51H55FN4O11. The zero-order valence-electron chi connectivity index (χ0n) is 37.3. The lowest BCUT2D eigenvalue weighted by molar-refractivity contribution is -0.385. The molecule has 7 rings (SSSR count). The Morgan fingerprint density at radius 1 is 0.940 bits per heavy atom. The topological polar surface area (TPSA) is 196 Å². The highest BCUT2D eigenvalue weighted by molar-refractivity contribution is 6.03. The maximum atomic E-state index is 15.0. The Morgan fingerprint density at radius 3 is 2.34 bits per heavy atom. The number of amides is 1. The zero-order chi connectivity index (χ0) is 47.5. The minimum atomic E-state index is -1.62. The van der Waals surface area contributed by atoms with E-state index in [1.807, 2.05) is 13.0 Å². The molecule has 0 spiro atoms. The SMILES string of the molecule is C=CCO[C@@]12Oc3ccc(Oc4cccc([N+](=O)[O-])c4)cc3[C@H]3[C@H](CCCCO)[C@@H](CCCCO)C=C(C(=NOCC)C[C@@H]1N(Cc1ccc(F)cc1)C(=O)C=Cc1ccc([N+](=O)[O-])cc1)[C@H]32. The van der Waals surface area contributed by atoms with Crippen molar-refractivity contribution in [3.63, 3.8) is 0 Å². The highest BCUT2D eigenvalue weighted by Crippen LogP contribution is 2.62. The first-order valence-corrected chi connectivity index (χ1v) is 22.6. The van der Waals surface area contributed by atoms with Gasteiger partial charge < -0.3 is 34.2 Å². The molecule has 1 amide bonds. The van der Waals surface area contributed by atoms with Crippen molar-refractivity contribution >= 4 is 29.1 Å². The molecule has 1 saturated carbocycles. The van der Waals surface area contributed by atoms with E-state index in [4.69, 9.17) is 24.2 Å². The number of fused-ring (bicyclic) bond motifs is 2. The average molecular weight is 919 g/mol. The molecule has 1 aliphatic heterocycles. The summed E-state index contributed by atoms with van der Waals surface area (Å²) in [5, 5.41) is 47.7. The molecule has 67 heavy (non-hydrogen) atoms. The van der Waals surface area contributed by atoms with Gasteiger partial charge in [-0.2, -0.15) is 0 Å². The van der Waals surface area contributed by atoms with Crippen molar-refractivity contribution in [1.82, 2.24) is 4.90 Å². The summed E-state index contributed by atoms with van der Waals surface area (Å²) < 4.78 is 35.1. The molecule has 3 aliphatic rings. The van der Waals surface area contributed by atoms with Crippen LogP contribution in [0.1, 0.15) is 74.5 Å². The minimum absolute atomic E-state index is 0.00541. The van der Waals surface area contributed by atoms with Crippen LogP contribution in [0.4, 0.5) is 15.8 Å². The summed E-state index contributed by atoms with van der Waals surface area (Å²) in [7, 11) is 0. The van der Waals surface area contributed by atoms with Crippen LogP contribution in [-0.4, -0.2) is 74.8 Å². The fourth-order valence-electron chi connectivity index (χ4n) is 9.75. The van der Waals surface area contributed by atoms with Crippen LogP contribution in [-0.2, 0) is 20.9 Å². The minimum Gasteiger partial charge on any atom is -0.459 e. The number of nitrogens with zero attached hydrogens (tertiary/aromatic N) is 4. The van der Waals surface area contributed by atoms with Gasteiger partial charge in [-0.05, 0) is 116 Å². The number of aliphatic hydroxyl groups is 2. The van der Waals surface area contributed by atoms with Crippen molar-refractivity contribution in [2.24, 2.45) is 22.9 Å². The number of carbonyl (C=O) groups excluding carboxylic acids is 1. The summed E-state index contributed by atoms with van der Waals surface area (Å²) in [5.74, 6) is -2.58. The quantitative estimate of drug-likeness (QED) is 0.0250. The van der Waals surface area contributed by atoms with E-state index in [2.05, 4.69) is 12.7 Å². The van der Waals surface area contributed by atoms with Crippen LogP contribution in [0.25, 0.3) is 6.08 Å². The molecule has 4 aromatic carbocycles. The van der Waals surface area contributed by atoms with Crippen molar-refractivity contribution in [2.45, 2.75) is 76.2 Å². The maximum absolute atomic E-state index is 15.0. The molecule has 0 saturated heterocycles. The second-order valence-electron chi connectivity index (χ2n) is 16.8. The summed E-state index contributed by atoms with van der Waals surface area (Å²) in [6.07, 6.45) is 10.9. The van der Waals surface area contributed by atoms with Gasteiger partial charge in [-0.25, -0.2) is 4.39 Å². The Hall–Kier alpha value is -6.75. The number of ether oxygens (including phenoxy) is 3. The lowest BCUT2D eigenvalue weighted by Crippen LogP contribution is -2.70. The second kappa shape index (κ2) is 22.2. The molecule has 6 atom stereocenters. The van der Waals surface area contributed by atoms with Crippen molar-refractivity contribution in [2.75, 3.05) is 26.4 Å². The van der Waals surface area contributed by atoms with E-state index in [1.54, 1.807) is 65.6 Å². The van der Waals surface area contributed by atoms with Crippen LogP contribution in [0.3, 0.4) is 0 Å². The molecule has 2 N–H and O–H groups in total. The molecule has 0 radical (unpaired) electrons. The zero-order valence-corrected chi connectivity index (χ0v) is 37.3. The highest BCUT2D eigenvalue weighted by atomic mass is 19.1. The van der Waals surface area contributed by atoms with Gasteiger partial charge in [0, 0.05) is 61.9 Å². The maximum Gasteiger partial charge on any atom is 0.273 e. The first-order valence-electron chi connectivity index (χ1n) is 22.6. The summed E-state index contributed by atoms with van der Waals surface area (Å²) >= 11 is 0. The molecule has 16 heteroatoms. The number of non-ortho nitro benzene ring substituents is 2. The number of allylic oxidation sites excluding steroid dienone is 1. The van der Waals surface area contributed by atoms with Gasteiger partial charge in [-0.15, -0.1) is 6.58 Å². The van der Waals surface area contributed by atoms with Gasteiger partial charge in [0.1, 0.15) is 35.7 Å². The highest BCUT2D eigenvalue weighted by Gasteiger charge is 2.65. The summed E-state index contributed by atoms with van der Waals surface area (Å²) in [4.78, 5) is 44.6. The number of aliphatic hydroxyl groups excluding tert-OH is 2. The first-order chi connectivity index (χ1) is 32.5. The fraction of sp³-hybridized carbons (Fsp3) is 0.373. The van der Waals surface area contributed by atoms with E-state index in [1.165, 1.54) is 42.5 Å². The summed E-state index contributed by atoms with van der Waals surface area (Å²) in [6, 6.07) is 22.0. The number of unbranched alkanes of at least 4 members (excludes halogenated alkanes) is 2. The average Bonchev–Trinajstić information content (AvgIpc) is 3.33. The van der Waals surface area contributed by atoms with E-state index in [0.29, 0.717) is 54.0 Å². The van der Waals surface area contributed by atoms with Crippen LogP contribution in [0, 0.1) is 43.8 Å². The number of halogens is 1. The van der Waals surface area contributed by atoms with Crippen molar-refractivity contribution in [3.05, 3.63) is 164 Å². The molecule has 4 aromatic rings. The summed E-state index contributed by atoms with van der Waals surface area (Å²) in [5.41, 5.74) is 3.11. The molecule has 15 nitrogen and oxygen atoms in total. The molecule has 0 bridgehead atoms. The molecule has 1 fully saturated rings. The standard InChI is InChI=1S/C51H55FN4O11/c1-3-28-64-51-47(54(33-35-14-19-37(52)20-15-35)48(59)25-18-34-16-21-38(22-17-34)55(60)61)32-45(53-65-4-2)43-29-36(10-5-7-26-57)42(13-6-8-27-58)49(50(43)51)44-31-41(23-24-46(44)67-51)66-40-12-9-11-39(30-40)56(62)63/h3,9,11-12,14-25,29-31,36,42,47,49-50,57-58H,1,4-8,10,13,26-28,32-33H2,2H3/t36-,42+,47-,49+,50+,51+/m0/s1. The summed E-state index contributed by atoms with van der Waals surface area (Å²) in [6.45, 7) is 6.11. The third-order valence-corrected chi connectivity index (χ3v) is 12.7. The van der Waals surface area contributed by atoms with Crippen LogP contribution < -0.4 is 9.47 Å². The number of nitro groups is 2. The predicted octanol–water partition coefficient (Wildman–Crippen LogP) is 9.83. The third kappa shape index (κ3) is 10.9. The van der Waals surface area contributed by atoms with Crippen molar-refractivity contribution in [3.8, 4) is 17.2 Å². The first kappa shape index (κ1) is 48.2. The Bertz CT molecular complexity index is 2490. The number of benzene rings is 4. The lowest BCUT2D eigenvalue weighted by atomic mass is 9.55. The van der Waals surface area contributed by atoms with Gasteiger partial charge in [0.05, 0.1) is 34.1 Å². The Balaban J connectivity index is 1.44. The number of hydrogen-bond acceptors (Lipinski definition) is 12. The van der Waals surface area contributed by atoms with E-state index in [0.717, 1.165) is 24.0 Å². The van der Waals surface area contributed by atoms with E-state index >= 15 is 4.79 Å². The monoisotopic (exact) mass is 918 g/mol. The van der Waals surface area contributed by atoms with Crippen LogP contribution in [0.2, 0.25) is 0 Å². The Labute approximate surface area is 388 Å². The van der Waals surface area contributed by atoms with Crippen LogP contribution in [0.15, 0.2) is 127 Å². The van der Waals surface area contributed by atoms with Gasteiger partial charge in [-0.3, -0.25) is 25.0 Å². The number of carbonyl (C=O) groups is 1. The molecular weight excluding hydrogens is 864 g/mol. The normalized spacial score (nSPS) is 22.2. The van der Waals surface area contributed by atoms with Crippen LogP contribution in [0.5, 0.6) is 17.2 Å². The fourth-order valence-corrected chi connectivity index (χ4v) is 9.75. The van der Waals surface area contributed by atoms with Crippen molar-refractivity contribution in [1.29, 1.82) is 0 Å². The van der Waals surface area contributed by atoms with Crippen molar-refractivity contribution < 1.29 is 48.3 Å². The van der Waals surface area contributed by atoms with E-state index in [-0.39, 0.29) is 68.4 Å². The largest absolute Gasteiger partial charge is 0.459 e. The van der Waals surface area contributed by atoms with E-state index < -0.39 is 45.2 Å². The molecule has 0 unspecified atom stereocenters.